The number of rotatable bonds is 10. The molecule has 0 spiro atoms. The molecular weight excluding hydrogens is 412 g/mol. The van der Waals surface area contributed by atoms with E-state index in [0.717, 1.165) is 22.3 Å². The Morgan fingerprint density at radius 2 is 1.62 bits per heavy atom. The molecule has 1 unspecified atom stereocenters. The Bertz CT molecular complexity index is 931. The number of aliphatic carboxylic acids is 1. The fraction of sp³-hybridized carbons (Fsp3) is 0.375. The number of carboxylic acid groups (broad SMARTS) is 1. The quantitative estimate of drug-likeness (QED) is 0.450. The molecule has 0 aliphatic heterocycles. The Kier molecular flexibility index (Phi) is 7.83. The van der Waals surface area contributed by atoms with Crippen molar-refractivity contribution in [3.63, 3.8) is 0 Å². The van der Waals surface area contributed by atoms with Crippen LogP contribution in [0, 0.1) is 5.92 Å². The third-order valence-corrected chi connectivity index (χ3v) is 5.60. The number of fused-ring (bicyclic) bond motifs is 3. The number of aliphatic hydroxyl groups excluding tert-OH is 1. The molecule has 2 atom stereocenters. The molecule has 0 saturated heterocycles. The maximum Gasteiger partial charge on any atom is 0.407 e. The molecule has 2 aromatic carbocycles. The number of aliphatic hydroxyl groups is 1. The number of alkyl carbamates (subject to hydrolysis) is 1. The Morgan fingerprint density at radius 3 is 2.19 bits per heavy atom. The lowest BCUT2D eigenvalue weighted by Gasteiger charge is -2.16. The van der Waals surface area contributed by atoms with Crippen LogP contribution in [0.15, 0.2) is 48.5 Å². The summed E-state index contributed by atoms with van der Waals surface area (Å²) >= 11 is 0. The number of benzene rings is 2. The van der Waals surface area contributed by atoms with Gasteiger partial charge in [-0.1, -0.05) is 55.5 Å². The van der Waals surface area contributed by atoms with Gasteiger partial charge >= 0.3 is 12.1 Å². The molecule has 0 saturated carbocycles. The van der Waals surface area contributed by atoms with Crippen LogP contribution in [0.25, 0.3) is 11.1 Å². The van der Waals surface area contributed by atoms with Crippen LogP contribution in [-0.2, 0) is 14.3 Å². The van der Waals surface area contributed by atoms with Gasteiger partial charge in [-0.2, -0.15) is 0 Å². The molecular formula is C24H28N2O6. The number of amides is 2. The predicted octanol–water partition coefficient (Wildman–Crippen LogP) is 2.50. The molecule has 2 aromatic rings. The Hall–Kier alpha value is -3.39. The van der Waals surface area contributed by atoms with Gasteiger partial charge < -0.3 is 25.6 Å². The smallest absolute Gasteiger partial charge is 0.407 e. The summed E-state index contributed by atoms with van der Waals surface area (Å²) in [6.07, 6.45) is 0.0969. The maximum absolute atomic E-state index is 12.2. The molecule has 0 fully saturated rings. The summed E-state index contributed by atoms with van der Waals surface area (Å²) < 4.78 is 5.47. The van der Waals surface area contributed by atoms with Crippen molar-refractivity contribution in [2.75, 3.05) is 19.8 Å². The Balaban J connectivity index is 1.42. The summed E-state index contributed by atoms with van der Waals surface area (Å²) in [5.41, 5.74) is 4.61. The number of hydrogen-bond acceptors (Lipinski definition) is 5. The van der Waals surface area contributed by atoms with Gasteiger partial charge in [0.2, 0.25) is 5.91 Å². The van der Waals surface area contributed by atoms with E-state index < -0.39 is 30.6 Å². The highest BCUT2D eigenvalue weighted by molar-refractivity contribution is 5.83. The van der Waals surface area contributed by atoms with E-state index in [1.54, 1.807) is 0 Å². The minimum Gasteiger partial charge on any atom is -0.480 e. The van der Waals surface area contributed by atoms with Crippen molar-refractivity contribution in [3.8, 4) is 11.1 Å². The van der Waals surface area contributed by atoms with Gasteiger partial charge in [-0.05, 0) is 34.6 Å². The highest BCUT2D eigenvalue weighted by atomic mass is 16.5. The Morgan fingerprint density at radius 1 is 1.03 bits per heavy atom. The number of carboxylic acids is 1. The van der Waals surface area contributed by atoms with Crippen LogP contribution in [0.4, 0.5) is 4.79 Å². The van der Waals surface area contributed by atoms with Crippen molar-refractivity contribution in [1.29, 1.82) is 0 Å². The van der Waals surface area contributed by atoms with Gasteiger partial charge in [0.1, 0.15) is 12.6 Å². The first kappa shape index (κ1) is 23.3. The number of ether oxygens (including phenoxy) is 1. The van der Waals surface area contributed by atoms with E-state index in [1.165, 1.54) is 0 Å². The second-order valence-electron chi connectivity index (χ2n) is 7.99. The molecule has 0 radical (unpaired) electrons. The molecule has 1 aliphatic rings. The van der Waals surface area contributed by atoms with Crippen molar-refractivity contribution < 1.29 is 29.3 Å². The standard InChI is InChI=1S/C24H28N2O6/c1-15(12-22(28)26-21(13-27)23(29)30)10-11-25-24(31)32-14-20-18-8-4-2-6-16(18)17-7-3-5-9-19(17)20/h2-9,15,20-21,27H,10-14H2,1H3,(H,25,31)(H,26,28)(H,29,30)/t15?,21-/m0/s1. The minimum atomic E-state index is -1.31. The van der Waals surface area contributed by atoms with Crippen LogP contribution in [0.2, 0.25) is 0 Å². The number of carbonyl (C=O) groups excluding carboxylic acids is 2. The first-order valence-corrected chi connectivity index (χ1v) is 10.6. The highest BCUT2D eigenvalue weighted by Gasteiger charge is 2.29. The monoisotopic (exact) mass is 440 g/mol. The molecule has 1 aliphatic carbocycles. The first-order chi connectivity index (χ1) is 15.4. The minimum absolute atomic E-state index is 0.00975. The summed E-state index contributed by atoms with van der Waals surface area (Å²) in [7, 11) is 0. The molecule has 4 N–H and O–H groups in total. The summed E-state index contributed by atoms with van der Waals surface area (Å²) in [4.78, 5) is 34.9. The molecule has 0 heterocycles. The van der Waals surface area contributed by atoms with Crippen molar-refractivity contribution in [2.24, 2.45) is 5.92 Å². The first-order valence-electron chi connectivity index (χ1n) is 10.6. The van der Waals surface area contributed by atoms with Gasteiger partial charge in [0.05, 0.1) is 6.61 Å². The van der Waals surface area contributed by atoms with Gasteiger partial charge in [-0.3, -0.25) is 4.79 Å². The van der Waals surface area contributed by atoms with Crippen LogP contribution < -0.4 is 10.6 Å². The number of nitrogens with one attached hydrogen (secondary N) is 2. The summed E-state index contributed by atoms with van der Waals surface area (Å²) in [6.45, 7) is 1.72. The lowest BCUT2D eigenvalue weighted by atomic mass is 9.98. The van der Waals surface area contributed by atoms with Crippen LogP contribution >= 0.6 is 0 Å². The van der Waals surface area contributed by atoms with E-state index in [0.29, 0.717) is 13.0 Å². The topological polar surface area (TPSA) is 125 Å². The van der Waals surface area contributed by atoms with E-state index in [-0.39, 0.29) is 24.9 Å². The third-order valence-electron chi connectivity index (χ3n) is 5.60. The van der Waals surface area contributed by atoms with Crippen LogP contribution in [0.5, 0.6) is 0 Å². The average molecular weight is 440 g/mol. The van der Waals surface area contributed by atoms with Crippen LogP contribution in [0.3, 0.4) is 0 Å². The van der Waals surface area contributed by atoms with Gasteiger partial charge in [-0.15, -0.1) is 0 Å². The average Bonchev–Trinajstić information content (AvgIpc) is 3.09. The maximum atomic E-state index is 12.2. The van der Waals surface area contributed by atoms with Crippen LogP contribution in [0.1, 0.15) is 36.8 Å². The molecule has 0 bridgehead atoms. The molecule has 3 rings (SSSR count). The number of hydrogen-bond donors (Lipinski definition) is 4. The SMILES string of the molecule is CC(CCNC(=O)OCC1c2ccccc2-c2ccccc21)CC(=O)N[C@@H](CO)C(=O)O. The molecule has 0 aromatic heterocycles. The van der Waals surface area contributed by atoms with Gasteiger partial charge in [0.15, 0.2) is 0 Å². The zero-order chi connectivity index (χ0) is 23.1. The van der Waals surface area contributed by atoms with Crippen molar-refractivity contribution in [1.82, 2.24) is 10.6 Å². The van der Waals surface area contributed by atoms with E-state index in [4.69, 9.17) is 14.9 Å². The normalized spacial score (nSPS) is 14.1. The van der Waals surface area contributed by atoms with E-state index >= 15 is 0 Å². The van der Waals surface area contributed by atoms with Crippen molar-refractivity contribution in [3.05, 3.63) is 59.7 Å². The lowest BCUT2D eigenvalue weighted by Crippen LogP contribution is -2.43. The Labute approximate surface area is 186 Å². The van der Waals surface area contributed by atoms with E-state index in [2.05, 4.69) is 34.9 Å². The lowest BCUT2D eigenvalue weighted by molar-refractivity contribution is -0.143. The molecule has 8 nitrogen and oxygen atoms in total. The highest BCUT2D eigenvalue weighted by Crippen LogP contribution is 2.44. The van der Waals surface area contributed by atoms with E-state index in [9.17, 15) is 14.4 Å². The summed E-state index contributed by atoms with van der Waals surface area (Å²) in [6, 6.07) is 14.9. The fourth-order valence-corrected chi connectivity index (χ4v) is 3.93. The summed E-state index contributed by atoms with van der Waals surface area (Å²) in [5, 5.41) is 22.8. The molecule has 170 valence electrons. The third kappa shape index (κ3) is 5.64. The summed E-state index contributed by atoms with van der Waals surface area (Å²) in [5.74, 6) is -1.84. The van der Waals surface area contributed by atoms with Crippen molar-refractivity contribution in [2.45, 2.75) is 31.7 Å². The zero-order valence-corrected chi connectivity index (χ0v) is 17.9. The molecule has 8 heteroatoms. The van der Waals surface area contributed by atoms with Gasteiger partial charge in [0, 0.05) is 18.9 Å². The van der Waals surface area contributed by atoms with Crippen molar-refractivity contribution >= 4 is 18.0 Å². The molecule has 2 amide bonds. The fourth-order valence-electron chi connectivity index (χ4n) is 3.93. The largest absolute Gasteiger partial charge is 0.480 e. The van der Waals surface area contributed by atoms with Gasteiger partial charge in [-0.25, -0.2) is 9.59 Å². The number of carbonyl (C=O) groups is 3. The van der Waals surface area contributed by atoms with Crippen LogP contribution in [-0.4, -0.2) is 54.0 Å². The predicted molar refractivity (Wildman–Crippen MR) is 118 cm³/mol. The second-order valence-corrected chi connectivity index (χ2v) is 7.99. The second kappa shape index (κ2) is 10.8. The zero-order valence-electron chi connectivity index (χ0n) is 17.9. The van der Waals surface area contributed by atoms with Gasteiger partial charge in [0.25, 0.3) is 0 Å². The molecule has 32 heavy (non-hydrogen) atoms. The van der Waals surface area contributed by atoms with E-state index in [1.807, 2.05) is 31.2 Å².